The van der Waals surface area contributed by atoms with Crippen LogP contribution < -0.4 is 4.90 Å². The third kappa shape index (κ3) is 2.71. The van der Waals surface area contributed by atoms with Gasteiger partial charge in [0.15, 0.2) is 0 Å². The third-order valence-corrected chi connectivity index (χ3v) is 2.43. The van der Waals surface area contributed by atoms with Crippen LogP contribution >= 0.6 is 0 Å². The molecule has 0 saturated heterocycles. The second-order valence-corrected chi connectivity index (χ2v) is 3.81. The lowest BCUT2D eigenvalue weighted by atomic mass is 10.1. The Balaban J connectivity index is 2.95. The molecule has 0 aromatic heterocycles. The van der Waals surface area contributed by atoms with Crippen molar-refractivity contribution in [2.75, 3.05) is 18.5 Å². The minimum atomic E-state index is -0.420. The molecular formula is C12H15FN2O. The summed E-state index contributed by atoms with van der Waals surface area (Å²) in [5.41, 5.74) is 0.903. The molecule has 1 atom stereocenters. The number of halogens is 1. The van der Waals surface area contributed by atoms with Crippen LogP contribution in [0.2, 0.25) is 0 Å². The van der Waals surface area contributed by atoms with Crippen LogP contribution in [0.15, 0.2) is 18.2 Å². The minimum Gasteiger partial charge on any atom is -0.391 e. The van der Waals surface area contributed by atoms with Crippen LogP contribution in [0.25, 0.3) is 0 Å². The third-order valence-electron chi connectivity index (χ3n) is 2.43. The summed E-state index contributed by atoms with van der Waals surface area (Å²) in [6.07, 6.45) is 0. The molecule has 0 heterocycles. The first kappa shape index (κ1) is 12.5. The van der Waals surface area contributed by atoms with E-state index < -0.39 is 5.82 Å². The maximum atomic E-state index is 13.4. The van der Waals surface area contributed by atoms with Gasteiger partial charge in [-0.05, 0) is 19.1 Å². The molecule has 0 spiro atoms. The van der Waals surface area contributed by atoms with Gasteiger partial charge in [0.2, 0.25) is 0 Å². The predicted octanol–water partition coefficient (Wildman–Crippen LogP) is 1.91. The molecule has 16 heavy (non-hydrogen) atoms. The number of rotatable bonds is 4. The van der Waals surface area contributed by atoms with Crippen molar-refractivity contribution in [2.45, 2.75) is 13.5 Å². The number of anilines is 1. The fraction of sp³-hybridized carbons (Fsp3) is 0.417. The Kier molecular flexibility index (Phi) is 4.27. The largest absolute Gasteiger partial charge is 0.391 e. The maximum absolute atomic E-state index is 13.4. The van der Waals surface area contributed by atoms with E-state index in [-0.39, 0.29) is 18.1 Å². The topological polar surface area (TPSA) is 47.3 Å². The Morgan fingerprint density at radius 1 is 1.56 bits per heavy atom. The predicted molar refractivity (Wildman–Crippen MR) is 60.4 cm³/mol. The van der Waals surface area contributed by atoms with Crippen molar-refractivity contribution < 1.29 is 9.50 Å². The van der Waals surface area contributed by atoms with Crippen molar-refractivity contribution in [3.63, 3.8) is 0 Å². The lowest BCUT2D eigenvalue weighted by Crippen LogP contribution is -2.24. The van der Waals surface area contributed by atoms with Gasteiger partial charge in [-0.15, -0.1) is 0 Å². The van der Waals surface area contributed by atoms with Gasteiger partial charge in [0.1, 0.15) is 5.82 Å². The second kappa shape index (κ2) is 5.47. The molecule has 0 aliphatic carbocycles. The highest BCUT2D eigenvalue weighted by Crippen LogP contribution is 2.22. The van der Waals surface area contributed by atoms with Gasteiger partial charge in [0.05, 0.1) is 18.6 Å². The summed E-state index contributed by atoms with van der Waals surface area (Å²) in [6, 6.07) is 6.77. The van der Waals surface area contributed by atoms with E-state index in [4.69, 9.17) is 10.4 Å². The van der Waals surface area contributed by atoms with Crippen molar-refractivity contribution in [3.05, 3.63) is 29.6 Å². The number of benzene rings is 1. The van der Waals surface area contributed by atoms with Crippen LogP contribution in [0.5, 0.6) is 0 Å². The van der Waals surface area contributed by atoms with Crippen LogP contribution in [-0.2, 0) is 6.61 Å². The molecule has 0 aliphatic heterocycles. The van der Waals surface area contributed by atoms with Crippen LogP contribution in [0.3, 0.4) is 0 Å². The molecule has 1 aromatic carbocycles. The van der Waals surface area contributed by atoms with Crippen LogP contribution in [0.4, 0.5) is 10.1 Å². The lowest BCUT2D eigenvalue weighted by Gasteiger charge is -2.23. The number of aliphatic hydroxyl groups is 1. The molecule has 0 amide bonds. The molecule has 0 bridgehead atoms. The average molecular weight is 222 g/mol. The summed E-state index contributed by atoms with van der Waals surface area (Å²) >= 11 is 0. The Morgan fingerprint density at radius 3 is 2.81 bits per heavy atom. The Morgan fingerprint density at radius 2 is 2.25 bits per heavy atom. The first-order chi connectivity index (χ1) is 7.60. The van der Waals surface area contributed by atoms with Crippen molar-refractivity contribution >= 4 is 5.69 Å². The van der Waals surface area contributed by atoms with E-state index in [1.165, 1.54) is 6.07 Å². The zero-order chi connectivity index (χ0) is 12.1. The normalized spacial score (nSPS) is 11.9. The van der Waals surface area contributed by atoms with Gasteiger partial charge >= 0.3 is 0 Å². The monoisotopic (exact) mass is 222 g/mol. The molecule has 1 unspecified atom stereocenters. The van der Waals surface area contributed by atoms with Crippen molar-refractivity contribution in [2.24, 2.45) is 5.92 Å². The Bertz CT molecular complexity index is 400. The summed E-state index contributed by atoms with van der Waals surface area (Å²) in [5, 5.41) is 17.8. The van der Waals surface area contributed by atoms with Gasteiger partial charge < -0.3 is 10.0 Å². The van der Waals surface area contributed by atoms with E-state index in [0.717, 1.165) is 0 Å². The molecule has 0 fully saturated rings. The van der Waals surface area contributed by atoms with E-state index >= 15 is 0 Å². The van der Waals surface area contributed by atoms with Gasteiger partial charge in [-0.2, -0.15) is 5.26 Å². The number of hydrogen-bond donors (Lipinski definition) is 1. The fourth-order valence-corrected chi connectivity index (χ4v) is 1.61. The van der Waals surface area contributed by atoms with Crippen LogP contribution in [0, 0.1) is 23.1 Å². The summed E-state index contributed by atoms with van der Waals surface area (Å²) < 4.78 is 13.4. The molecule has 1 aromatic rings. The highest BCUT2D eigenvalue weighted by Gasteiger charge is 2.12. The summed E-state index contributed by atoms with van der Waals surface area (Å²) in [7, 11) is 1.78. The van der Waals surface area contributed by atoms with Crippen molar-refractivity contribution in [3.8, 4) is 6.07 Å². The molecule has 0 saturated carbocycles. The van der Waals surface area contributed by atoms with Crippen LogP contribution in [-0.4, -0.2) is 18.7 Å². The quantitative estimate of drug-likeness (QED) is 0.846. The molecular weight excluding hydrogens is 207 g/mol. The SMILES string of the molecule is CC(C#N)CN(C)c1cccc(F)c1CO. The number of nitriles is 1. The minimum absolute atomic E-state index is 0.139. The maximum Gasteiger partial charge on any atom is 0.130 e. The van der Waals surface area contributed by atoms with Gasteiger partial charge in [-0.25, -0.2) is 4.39 Å². The van der Waals surface area contributed by atoms with Gasteiger partial charge in [0.25, 0.3) is 0 Å². The molecule has 1 rings (SSSR count). The van der Waals surface area contributed by atoms with Gasteiger partial charge in [-0.1, -0.05) is 6.07 Å². The zero-order valence-corrected chi connectivity index (χ0v) is 9.44. The lowest BCUT2D eigenvalue weighted by molar-refractivity contribution is 0.276. The summed E-state index contributed by atoms with van der Waals surface area (Å²) in [4.78, 5) is 1.78. The van der Waals surface area contributed by atoms with E-state index in [1.807, 2.05) is 0 Å². The van der Waals surface area contributed by atoms with Crippen molar-refractivity contribution in [1.29, 1.82) is 5.26 Å². The Labute approximate surface area is 94.7 Å². The molecule has 3 nitrogen and oxygen atoms in total. The van der Waals surface area contributed by atoms with E-state index in [9.17, 15) is 4.39 Å². The van der Waals surface area contributed by atoms with Crippen LogP contribution in [0.1, 0.15) is 12.5 Å². The average Bonchev–Trinajstić information content (AvgIpc) is 2.28. The highest BCUT2D eigenvalue weighted by atomic mass is 19.1. The first-order valence-electron chi connectivity index (χ1n) is 5.09. The molecule has 86 valence electrons. The van der Waals surface area contributed by atoms with E-state index in [0.29, 0.717) is 12.2 Å². The smallest absolute Gasteiger partial charge is 0.130 e. The molecule has 0 aliphatic rings. The van der Waals surface area contributed by atoms with E-state index in [1.54, 1.807) is 31.0 Å². The second-order valence-electron chi connectivity index (χ2n) is 3.81. The van der Waals surface area contributed by atoms with Gasteiger partial charge in [-0.3, -0.25) is 0 Å². The standard InChI is InChI=1S/C12H15FN2O/c1-9(6-14)7-15(2)12-5-3-4-11(13)10(12)8-16/h3-5,9,16H,7-8H2,1-2H3. The first-order valence-corrected chi connectivity index (χ1v) is 5.09. The fourth-order valence-electron chi connectivity index (χ4n) is 1.61. The van der Waals surface area contributed by atoms with E-state index in [2.05, 4.69) is 6.07 Å². The number of hydrogen-bond acceptors (Lipinski definition) is 3. The highest BCUT2D eigenvalue weighted by molar-refractivity contribution is 5.53. The molecule has 4 heteroatoms. The molecule has 1 N–H and O–H groups in total. The number of aliphatic hydroxyl groups excluding tert-OH is 1. The summed E-state index contributed by atoms with van der Waals surface area (Å²) in [5.74, 6) is -0.559. The zero-order valence-electron chi connectivity index (χ0n) is 9.44. The number of nitrogens with zero attached hydrogens (tertiary/aromatic N) is 2. The van der Waals surface area contributed by atoms with Crippen molar-refractivity contribution in [1.82, 2.24) is 0 Å². The molecule has 0 radical (unpaired) electrons. The summed E-state index contributed by atoms with van der Waals surface area (Å²) in [6.45, 7) is 1.97. The van der Waals surface area contributed by atoms with Gasteiger partial charge in [0, 0.05) is 24.8 Å². The Hall–Kier alpha value is -1.60.